The van der Waals surface area contributed by atoms with Crippen molar-refractivity contribution in [3.63, 3.8) is 0 Å². The van der Waals surface area contributed by atoms with Crippen LogP contribution in [0.15, 0.2) is 104 Å². The summed E-state index contributed by atoms with van der Waals surface area (Å²) >= 11 is 0. The first-order chi connectivity index (χ1) is 17.4. The van der Waals surface area contributed by atoms with Gasteiger partial charge in [-0.05, 0) is 18.1 Å². The number of aliphatic hydroxyl groups excluding tert-OH is 2. The lowest BCUT2D eigenvalue weighted by Gasteiger charge is -2.45. The molecule has 0 saturated heterocycles. The van der Waals surface area contributed by atoms with Gasteiger partial charge < -0.3 is 19.8 Å². The van der Waals surface area contributed by atoms with Gasteiger partial charge in [-0.15, -0.1) is 0 Å². The molecule has 0 bridgehead atoms. The molecule has 0 aromatic heterocycles. The average molecular weight is 485 g/mol. The molecule has 3 atom stereocenters. The second-order valence-electron chi connectivity index (χ2n) is 8.93. The Morgan fingerprint density at radius 2 is 1.64 bits per heavy atom. The lowest BCUT2D eigenvalue weighted by molar-refractivity contribution is -0.139. The number of aliphatic hydroxyl groups is 2. The Hall–Kier alpha value is -3.71. The summed E-state index contributed by atoms with van der Waals surface area (Å²) in [4.78, 5) is 14.1. The summed E-state index contributed by atoms with van der Waals surface area (Å²) in [6.45, 7) is 9.77. The highest BCUT2D eigenvalue weighted by atomic mass is 16.5. The predicted molar refractivity (Wildman–Crippen MR) is 141 cm³/mol. The van der Waals surface area contributed by atoms with Crippen molar-refractivity contribution >= 4 is 11.7 Å². The highest BCUT2D eigenvalue weighted by Gasteiger charge is 2.49. The van der Waals surface area contributed by atoms with Crippen LogP contribution in [0, 0.1) is 0 Å². The molecule has 0 saturated carbocycles. The van der Waals surface area contributed by atoms with Gasteiger partial charge in [0.2, 0.25) is 0 Å². The van der Waals surface area contributed by atoms with Crippen LogP contribution in [-0.2, 0) is 15.2 Å². The monoisotopic (exact) mass is 484 g/mol. The molecule has 186 valence electrons. The zero-order chi connectivity index (χ0) is 25.7. The van der Waals surface area contributed by atoms with Crippen molar-refractivity contribution in [3.05, 3.63) is 126 Å². The van der Waals surface area contributed by atoms with Gasteiger partial charge in [-0.2, -0.15) is 0 Å². The summed E-state index contributed by atoms with van der Waals surface area (Å²) in [5.41, 5.74) is 3.57. The maximum absolute atomic E-state index is 12.1. The summed E-state index contributed by atoms with van der Waals surface area (Å²) in [5.74, 6) is -0.455. The molecule has 3 aromatic rings. The lowest BCUT2D eigenvalue weighted by atomic mass is 9.88. The van der Waals surface area contributed by atoms with E-state index in [-0.39, 0.29) is 13.2 Å². The Morgan fingerprint density at radius 3 is 2.28 bits per heavy atom. The zero-order valence-corrected chi connectivity index (χ0v) is 20.4. The molecule has 0 amide bonds. The van der Waals surface area contributed by atoms with Gasteiger partial charge in [0.25, 0.3) is 0 Å². The average Bonchev–Trinajstić information content (AvgIpc) is 3.15. The molecule has 36 heavy (non-hydrogen) atoms. The van der Waals surface area contributed by atoms with Crippen molar-refractivity contribution in [1.29, 1.82) is 0 Å². The van der Waals surface area contributed by atoms with E-state index in [4.69, 9.17) is 4.74 Å². The first-order valence-electron chi connectivity index (χ1n) is 12.0. The molecule has 0 aliphatic carbocycles. The third-order valence-electron chi connectivity index (χ3n) is 6.56. The highest BCUT2D eigenvalue weighted by molar-refractivity contribution is 5.87. The fourth-order valence-corrected chi connectivity index (χ4v) is 4.80. The molecule has 3 aromatic carbocycles. The molecule has 1 aliphatic rings. The second kappa shape index (κ2) is 10.9. The molecule has 3 N–H and O–H groups in total. The van der Waals surface area contributed by atoms with E-state index in [0.29, 0.717) is 17.7 Å². The fraction of sp³-hybridized carbons (Fsp3) is 0.233. The molecule has 0 spiro atoms. The van der Waals surface area contributed by atoms with Crippen LogP contribution in [0.3, 0.4) is 0 Å². The van der Waals surface area contributed by atoms with Crippen molar-refractivity contribution in [3.8, 4) is 0 Å². The Bertz CT molecular complexity index is 1230. The number of benzene rings is 3. The molecule has 0 fully saturated rings. The summed E-state index contributed by atoms with van der Waals surface area (Å²) in [6, 6.07) is 26.3. The first kappa shape index (κ1) is 25.4. The lowest BCUT2D eigenvalue weighted by Crippen LogP contribution is -2.59. The van der Waals surface area contributed by atoms with Crippen LogP contribution in [0.1, 0.15) is 35.3 Å². The standard InChI is InChI=1S/C30H32N2O4/c1-21(2)29(35)36-19-18-32-22(3)25-16-10-11-17-26(25)30(32,24-14-8-5-9-15-24)31-27(20-33)28(34)23-12-6-4-7-13-23/h4-17,27-28,31,33-34H,1,3,18-20H2,2H3. The second-order valence-corrected chi connectivity index (χ2v) is 8.93. The normalized spacial score (nSPS) is 18.4. The number of hydrogen-bond donors (Lipinski definition) is 3. The molecule has 6 nitrogen and oxygen atoms in total. The third-order valence-corrected chi connectivity index (χ3v) is 6.56. The zero-order valence-electron chi connectivity index (χ0n) is 20.4. The van der Waals surface area contributed by atoms with E-state index in [1.165, 1.54) is 0 Å². The number of fused-ring (bicyclic) bond motifs is 1. The van der Waals surface area contributed by atoms with Gasteiger partial charge in [0, 0.05) is 22.4 Å². The predicted octanol–water partition coefficient (Wildman–Crippen LogP) is 3.98. The minimum atomic E-state index is -0.978. The van der Waals surface area contributed by atoms with E-state index in [9.17, 15) is 15.0 Å². The highest BCUT2D eigenvalue weighted by Crippen LogP contribution is 2.48. The minimum absolute atomic E-state index is 0.111. The Labute approximate surface area is 212 Å². The van der Waals surface area contributed by atoms with Crippen molar-refractivity contribution in [2.45, 2.75) is 24.7 Å². The molecule has 0 radical (unpaired) electrons. The van der Waals surface area contributed by atoms with E-state index in [2.05, 4.69) is 18.5 Å². The number of hydrogen-bond acceptors (Lipinski definition) is 6. The molecule has 1 heterocycles. The summed E-state index contributed by atoms with van der Waals surface area (Å²) in [6.07, 6.45) is -0.971. The smallest absolute Gasteiger partial charge is 0.333 e. The van der Waals surface area contributed by atoms with Crippen molar-refractivity contribution in [1.82, 2.24) is 10.2 Å². The van der Waals surface area contributed by atoms with Crippen molar-refractivity contribution in [2.24, 2.45) is 0 Å². The van der Waals surface area contributed by atoms with Gasteiger partial charge in [-0.1, -0.05) is 98.1 Å². The van der Waals surface area contributed by atoms with Gasteiger partial charge in [0.1, 0.15) is 12.3 Å². The largest absolute Gasteiger partial charge is 0.460 e. The maximum Gasteiger partial charge on any atom is 0.333 e. The molecule has 3 unspecified atom stereocenters. The topological polar surface area (TPSA) is 82.0 Å². The van der Waals surface area contributed by atoms with Crippen LogP contribution in [-0.4, -0.2) is 46.9 Å². The SMILES string of the molecule is C=C(C)C(=O)OCCN1C(=C)c2ccccc2C1(NC(CO)C(O)c1ccccc1)c1ccccc1. The Balaban J connectivity index is 1.80. The van der Waals surface area contributed by atoms with Gasteiger partial charge in [0.05, 0.1) is 25.3 Å². The number of carbonyl (C=O) groups excluding carboxylic acids is 1. The summed E-state index contributed by atoms with van der Waals surface area (Å²) < 4.78 is 5.44. The number of carbonyl (C=O) groups is 1. The quantitative estimate of drug-likeness (QED) is 0.298. The van der Waals surface area contributed by atoms with Gasteiger partial charge in [-0.3, -0.25) is 5.32 Å². The molecule has 6 heteroatoms. The van der Waals surface area contributed by atoms with Crippen LogP contribution in [0.2, 0.25) is 0 Å². The van der Waals surface area contributed by atoms with Crippen molar-refractivity contribution in [2.75, 3.05) is 19.8 Å². The van der Waals surface area contributed by atoms with Gasteiger partial charge >= 0.3 is 5.97 Å². The number of ether oxygens (including phenoxy) is 1. The molecular formula is C30H32N2O4. The van der Waals surface area contributed by atoms with Crippen LogP contribution in [0.5, 0.6) is 0 Å². The molecular weight excluding hydrogens is 452 g/mol. The Morgan fingerprint density at radius 1 is 1.03 bits per heavy atom. The summed E-state index contributed by atoms with van der Waals surface area (Å²) in [7, 11) is 0. The van der Waals surface area contributed by atoms with E-state index in [1.807, 2.05) is 89.8 Å². The van der Waals surface area contributed by atoms with Crippen LogP contribution in [0.25, 0.3) is 5.70 Å². The van der Waals surface area contributed by atoms with E-state index in [0.717, 1.165) is 22.4 Å². The number of nitrogens with one attached hydrogen (secondary N) is 1. The van der Waals surface area contributed by atoms with Gasteiger partial charge in [0.15, 0.2) is 0 Å². The molecule has 4 rings (SSSR count). The Kier molecular flexibility index (Phi) is 7.70. The fourth-order valence-electron chi connectivity index (χ4n) is 4.80. The van der Waals surface area contributed by atoms with E-state index < -0.39 is 23.8 Å². The van der Waals surface area contributed by atoms with Crippen LogP contribution < -0.4 is 5.32 Å². The maximum atomic E-state index is 12.1. The first-order valence-corrected chi connectivity index (χ1v) is 12.0. The van der Waals surface area contributed by atoms with Crippen LogP contribution in [0.4, 0.5) is 0 Å². The van der Waals surface area contributed by atoms with E-state index >= 15 is 0 Å². The van der Waals surface area contributed by atoms with Crippen molar-refractivity contribution < 1.29 is 19.7 Å². The number of nitrogens with zero attached hydrogens (tertiary/aromatic N) is 1. The van der Waals surface area contributed by atoms with Crippen LogP contribution >= 0.6 is 0 Å². The summed E-state index contributed by atoms with van der Waals surface area (Å²) in [5, 5.41) is 25.3. The minimum Gasteiger partial charge on any atom is -0.460 e. The molecule has 1 aliphatic heterocycles. The third kappa shape index (κ3) is 4.71. The number of rotatable bonds is 10. The van der Waals surface area contributed by atoms with Gasteiger partial charge in [-0.25, -0.2) is 4.79 Å². The number of esters is 1. The van der Waals surface area contributed by atoms with E-state index in [1.54, 1.807) is 6.92 Å².